The number of likely N-dealkylation sites (N-methyl/N-ethyl adjacent to an activating group) is 1. The zero-order valence-electron chi connectivity index (χ0n) is 13.1. The van der Waals surface area contributed by atoms with Crippen molar-refractivity contribution in [1.82, 2.24) is 9.80 Å². The molecule has 124 valence electrons. The highest BCUT2D eigenvalue weighted by Gasteiger charge is 2.41. The van der Waals surface area contributed by atoms with Gasteiger partial charge in [0.2, 0.25) is 11.8 Å². The van der Waals surface area contributed by atoms with Crippen molar-refractivity contribution in [2.45, 2.75) is 38.3 Å². The van der Waals surface area contributed by atoms with E-state index in [0.29, 0.717) is 30.1 Å². The first-order valence-corrected chi connectivity index (χ1v) is 8.34. The maximum absolute atomic E-state index is 13.1. The van der Waals surface area contributed by atoms with Crippen LogP contribution in [0.1, 0.15) is 31.2 Å². The van der Waals surface area contributed by atoms with Crippen LogP contribution in [0.15, 0.2) is 18.2 Å². The monoisotopic (exact) mass is 338 g/mol. The third-order valence-electron chi connectivity index (χ3n) is 4.55. The molecule has 1 saturated heterocycles. The molecule has 1 aromatic rings. The van der Waals surface area contributed by atoms with Crippen LogP contribution in [-0.4, -0.2) is 41.2 Å². The summed E-state index contributed by atoms with van der Waals surface area (Å²) in [5, 5.41) is 0.307. The molecule has 1 unspecified atom stereocenters. The second kappa shape index (κ2) is 6.48. The van der Waals surface area contributed by atoms with Gasteiger partial charge in [0, 0.05) is 31.1 Å². The van der Waals surface area contributed by atoms with Crippen molar-refractivity contribution in [3.05, 3.63) is 34.6 Å². The average molecular weight is 339 g/mol. The van der Waals surface area contributed by atoms with E-state index >= 15 is 0 Å². The van der Waals surface area contributed by atoms with E-state index in [4.69, 9.17) is 11.6 Å². The Morgan fingerprint density at radius 3 is 2.74 bits per heavy atom. The van der Waals surface area contributed by atoms with Crippen LogP contribution in [0.3, 0.4) is 0 Å². The number of hydrogen-bond donors (Lipinski definition) is 0. The number of hydrogen-bond acceptors (Lipinski definition) is 2. The summed E-state index contributed by atoms with van der Waals surface area (Å²) in [5.41, 5.74) is 0.696. The molecular formula is C17H20ClFN2O2. The lowest BCUT2D eigenvalue weighted by Gasteiger charge is -2.28. The lowest BCUT2D eigenvalue weighted by atomic mass is 10.1. The minimum atomic E-state index is -0.398. The van der Waals surface area contributed by atoms with Gasteiger partial charge in [0.25, 0.3) is 0 Å². The minimum Gasteiger partial charge on any atom is -0.340 e. The summed E-state index contributed by atoms with van der Waals surface area (Å²) in [6.07, 6.45) is 3.45. The smallest absolute Gasteiger partial charge is 0.245 e. The summed E-state index contributed by atoms with van der Waals surface area (Å²) in [5.74, 6) is -0.226. The molecule has 23 heavy (non-hydrogen) atoms. The molecule has 1 aliphatic heterocycles. The third-order valence-corrected chi connectivity index (χ3v) is 4.90. The van der Waals surface area contributed by atoms with E-state index < -0.39 is 5.82 Å². The van der Waals surface area contributed by atoms with E-state index in [1.54, 1.807) is 22.9 Å². The summed E-state index contributed by atoms with van der Waals surface area (Å²) in [6, 6.07) is 3.79. The van der Waals surface area contributed by atoms with Gasteiger partial charge in [-0.05, 0) is 43.4 Å². The van der Waals surface area contributed by atoms with Crippen molar-refractivity contribution in [1.29, 1.82) is 0 Å². The van der Waals surface area contributed by atoms with Gasteiger partial charge in [-0.3, -0.25) is 9.59 Å². The van der Waals surface area contributed by atoms with Crippen LogP contribution < -0.4 is 0 Å². The predicted molar refractivity (Wildman–Crippen MR) is 85.3 cm³/mol. The first-order chi connectivity index (χ1) is 11.0. The molecule has 0 spiro atoms. The maximum atomic E-state index is 13.1. The van der Waals surface area contributed by atoms with E-state index in [9.17, 15) is 14.0 Å². The van der Waals surface area contributed by atoms with Gasteiger partial charge in [0.05, 0.1) is 0 Å². The zero-order chi connectivity index (χ0) is 16.6. The van der Waals surface area contributed by atoms with Crippen LogP contribution in [-0.2, 0) is 16.1 Å². The molecule has 3 rings (SSSR count). The Morgan fingerprint density at radius 2 is 2.09 bits per heavy atom. The van der Waals surface area contributed by atoms with Crippen molar-refractivity contribution in [3.63, 3.8) is 0 Å². The fraction of sp³-hybridized carbons (Fsp3) is 0.529. The number of benzene rings is 1. The van der Waals surface area contributed by atoms with Crippen LogP contribution in [0.25, 0.3) is 0 Å². The number of halogens is 2. The summed E-state index contributed by atoms with van der Waals surface area (Å²) in [4.78, 5) is 28.3. The molecule has 1 atom stereocenters. The van der Waals surface area contributed by atoms with Gasteiger partial charge in [-0.15, -0.1) is 0 Å². The Balaban J connectivity index is 1.67. The average Bonchev–Trinajstić information content (AvgIpc) is 3.25. The Kier molecular flexibility index (Phi) is 4.57. The Morgan fingerprint density at radius 1 is 1.35 bits per heavy atom. The molecule has 2 amide bonds. The fourth-order valence-electron chi connectivity index (χ4n) is 3.09. The minimum absolute atomic E-state index is 0.0723. The number of carbonyl (C=O) groups excluding carboxylic acids is 2. The van der Waals surface area contributed by atoms with E-state index in [0.717, 1.165) is 19.3 Å². The van der Waals surface area contributed by atoms with Crippen molar-refractivity contribution < 1.29 is 14.0 Å². The zero-order valence-corrected chi connectivity index (χ0v) is 13.9. The van der Waals surface area contributed by atoms with Crippen LogP contribution in [0.4, 0.5) is 4.39 Å². The quantitative estimate of drug-likeness (QED) is 0.847. The van der Waals surface area contributed by atoms with Crippen LogP contribution in [0.2, 0.25) is 5.02 Å². The van der Waals surface area contributed by atoms with E-state index in [-0.39, 0.29) is 23.8 Å². The molecule has 0 aromatic heterocycles. The lowest BCUT2D eigenvalue weighted by Crippen LogP contribution is -2.46. The Bertz CT molecular complexity index is 633. The van der Waals surface area contributed by atoms with Gasteiger partial charge in [-0.25, -0.2) is 4.39 Å². The number of rotatable bonds is 4. The van der Waals surface area contributed by atoms with Gasteiger partial charge in [0.1, 0.15) is 11.9 Å². The second-order valence-electron chi connectivity index (χ2n) is 6.39. The molecule has 1 aliphatic carbocycles. The van der Waals surface area contributed by atoms with Crippen molar-refractivity contribution in [2.75, 3.05) is 13.6 Å². The predicted octanol–water partition coefficient (Wildman–Crippen LogP) is 2.84. The largest absolute Gasteiger partial charge is 0.340 e. The van der Waals surface area contributed by atoms with Crippen LogP contribution in [0, 0.1) is 11.7 Å². The van der Waals surface area contributed by atoms with Crippen molar-refractivity contribution >= 4 is 23.4 Å². The molecule has 0 N–H and O–H groups in total. The summed E-state index contributed by atoms with van der Waals surface area (Å²) >= 11 is 6.02. The van der Waals surface area contributed by atoms with Crippen LogP contribution >= 0.6 is 11.6 Å². The molecule has 4 nitrogen and oxygen atoms in total. The van der Waals surface area contributed by atoms with Crippen molar-refractivity contribution in [3.8, 4) is 0 Å². The highest BCUT2D eigenvalue weighted by atomic mass is 35.5. The first-order valence-electron chi connectivity index (χ1n) is 7.96. The second-order valence-corrected chi connectivity index (χ2v) is 6.80. The normalized spacial score (nSPS) is 20.7. The van der Waals surface area contributed by atoms with Gasteiger partial charge < -0.3 is 9.80 Å². The molecule has 1 saturated carbocycles. The molecule has 2 fully saturated rings. The molecule has 1 aromatic carbocycles. The third kappa shape index (κ3) is 3.50. The van der Waals surface area contributed by atoms with E-state index in [2.05, 4.69) is 0 Å². The van der Waals surface area contributed by atoms with Crippen molar-refractivity contribution in [2.24, 2.45) is 5.92 Å². The number of likely N-dealkylation sites (tertiary alicyclic amines) is 1. The topological polar surface area (TPSA) is 40.6 Å². The Labute approximate surface area is 140 Å². The lowest BCUT2D eigenvalue weighted by molar-refractivity contribution is -0.144. The number of nitrogens with zero attached hydrogens (tertiary/aromatic N) is 2. The fourth-order valence-corrected chi connectivity index (χ4v) is 3.32. The number of carbonyl (C=O) groups is 2. The van der Waals surface area contributed by atoms with Gasteiger partial charge in [-0.2, -0.15) is 0 Å². The highest BCUT2D eigenvalue weighted by Crippen LogP contribution is 2.34. The summed E-state index contributed by atoms with van der Waals surface area (Å²) in [7, 11) is 1.69. The first kappa shape index (κ1) is 16.2. The Hall–Kier alpha value is -1.62. The molecule has 0 bridgehead atoms. The molecule has 2 aliphatic rings. The summed E-state index contributed by atoms with van der Waals surface area (Å²) < 4.78 is 13.1. The van der Waals surface area contributed by atoms with Gasteiger partial charge >= 0.3 is 0 Å². The number of amides is 2. The molecular weight excluding hydrogens is 319 g/mol. The molecule has 1 heterocycles. The SMILES string of the molecule is CN(Cc1ccc(F)cc1Cl)C(=O)C1CCCN1C(=O)C1CC1. The van der Waals surface area contributed by atoms with Gasteiger partial charge in [-0.1, -0.05) is 17.7 Å². The molecule has 6 heteroatoms. The van der Waals surface area contributed by atoms with E-state index in [1.165, 1.54) is 12.1 Å². The standard InChI is InChI=1S/C17H20ClFN2O2/c1-20(10-12-6-7-13(19)9-14(12)18)17(23)15-3-2-8-21(15)16(22)11-4-5-11/h6-7,9,11,15H,2-5,8,10H2,1H3. The highest BCUT2D eigenvalue weighted by molar-refractivity contribution is 6.31. The van der Waals surface area contributed by atoms with E-state index in [1.807, 2.05) is 0 Å². The van der Waals surface area contributed by atoms with Gasteiger partial charge in [0.15, 0.2) is 0 Å². The molecule has 0 radical (unpaired) electrons. The maximum Gasteiger partial charge on any atom is 0.245 e. The summed E-state index contributed by atoms with van der Waals surface area (Å²) in [6.45, 7) is 0.969. The van der Waals surface area contributed by atoms with Crippen LogP contribution in [0.5, 0.6) is 0 Å².